The Morgan fingerprint density at radius 1 is 1.36 bits per heavy atom. The third-order valence-corrected chi connectivity index (χ3v) is 1.83. The normalized spacial score (nSPS) is 10.0. The molecule has 0 atom stereocenters. The lowest BCUT2D eigenvalue weighted by atomic mass is 10.1. The minimum atomic E-state index is -0.510. The van der Waals surface area contributed by atoms with Crippen molar-refractivity contribution >= 4 is 5.91 Å². The molecular weight excluding hydrogens is 180 g/mol. The number of nitrogens with zero attached hydrogens (tertiary/aromatic N) is 1. The van der Waals surface area contributed by atoms with Crippen LogP contribution in [0, 0.1) is 0 Å². The van der Waals surface area contributed by atoms with E-state index in [0.717, 1.165) is 0 Å². The van der Waals surface area contributed by atoms with E-state index in [1.807, 2.05) is 0 Å². The van der Waals surface area contributed by atoms with Crippen molar-refractivity contribution in [1.82, 2.24) is 4.98 Å². The van der Waals surface area contributed by atoms with E-state index in [9.17, 15) is 4.79 Å². The molecule has 0 spiro atoms. The van der Waals surface area contributed by atoms with Crippen LogP contribution in [-0.4, -0.2) is 10.9 Å². The molecule has 2 aromatic heterocycles. The van der Waals surface area contributed by atoms with E-state index < -0.39 is 5.91 Å². The molecule has 1 amide bonds. The lowest BCUT2D eigenvalue weighted by Crippen LogP contribution is -2.12. The summed E-state index contributed by atoms with van der Waals surface area (Å²) in [6.45, 7) is 0. The SMILES string of the molecule is NC(=O)c1cccnc1-c1ccco1. The number of amides is 1. The number of furan rings is 1. The number of hydrogen-bond acceptors (Lipinski definition) is 3. The van der Waals surface area contributed by atoms with Gasteiger partial charge in [0.2, 0.25) is 0 Å². The minimum absolute atomic E-state index is 0.363. The topological polar surface area (TPSA) is 69.1 Å². The van der Waals surface area contributed by atoms with Crippen LogP contribution in [0.1, 0.15) is 10.4 Å². The summed E-state index contributed by atoms with van der Waals surface area (Å²) in [6.07, 6.45) is 3.11. The Hall–Kier alpha value is -2.10. The Morgan fingerprint density at radius 3 is 2.86 bits per heavy atom. The summed E-state index contributed by atoms with van der Waals surface area (Å²) in [5.41, 5.74) is 6.04. The number of aromatic nitrogens is 1. The van der Waals surface area contributed by atoms with Gasteiger partial charge in [0.25, 0.3) is 5.91 Å². The van der Waals surface area contributed by atoms with E-state index in [4.69, 9.17) is 10.2 Å². The van der Waals surface area contributed by atoms with Gasteiger partial charge in [0, 0.05) is 6.20 Å². The van der Waals surface area contributed by atoms with Crippen molar-refractivity contribution in [3.63, 3.8) is 0 Å². The first-order chi connectivity index (χ1) is 6.79. The maximum atomic E-state index is 11.1. The smallest absolute Gasteiger partial charge is 0.251 e. The van der Waals surface area contributed by atoms with E-state index in [1.54, 1.807) is 30.5 Å². The molecule has 0 unspecified atom stereocenters. The van der Waals surface area contributed by atoms with Gasteiger partial charge in [-0.2, -0.15) is 0 Å². The Bertz CT molecular complexity index is 449. The fourth-order valence-electron chi connectivity index (χ4n) is 1.21. The van der Waals surface area contributed by atoms with Crippen LogP contribution in [0.4, 0.5) is 0 Å². The molecule has 0 fully saturated rings. The highest BCUT2D eigenvalue weighted by Gasteiger charge is 2.12. The summed E-state index contributed by atoms with van der Waals surface area (Å²) in [6, 6.07) is 6.74. The second-order valence-electron chi connectivity index (χ2n) is 2.74. The quantitative estimate of drug-likeness (QED) is 0.775. The van der Waals surface area contributed by atoms with Crippen molar-refractivity contribution in [1.29, 1.82) is 0 Å². The largest absolute Gasteiger partial charge is 0.463 e. The van der Waals surface area contributed by atoms with Crippen molar-refractivity contribution < 1.29 is 9.21 Å². The van der Waals surface area contributed by atoms with Crippen LogP contribution in [0.3, 0.4) is 0 Å². The van der Waals surface area contributed by atoms with Crippen LogP contribution in [0.25, 0.3) is 11.5 Å². The molecule has 0 saturated heterocycles. The van der Waals surface area contributed by atoms with Crippen LogP contribution < -0.4 is 5.73 Å². The second-order valence-corrected chi connectivity index (χ2v) is 2.74. The first-order valence-electron chi connectivity index (χ1n) is 4.08. The van der Waals surface area contributed by atoms with Gasteiger partial charge >= 0.3 is 0 Å². The lowest BCUT2D eigenvalue weighted by molar-refractivity contribution is 0.100. The van der Waals surface area contributed by atoms with Crippen molar-refractivity contribution in [3.8, 4) is 11.5 Å². The minimum Gasteiger partial charge on any atom is -0.463 e. The summed E-state index contributed by atoms with van der Waals surface area (Å²) < 4.78 is 5.14. The molecule has 2 heterocycles. The number of pyridine rings is 1. The van der Waals surface area contributed by atoms with Gasteiger partial charge in [-0.3, -0.25) is 9.78 Å². The van der Waals surface area contributed by atoms with E-state index in [-0.39, 0.29) is 0 Å². The predicted octanol–water partition coefficient (Wildman–Crippen LogP) is 1.44. The Kier molecular flexibility index (Phi) is 2.02. The van der Waals surface area contributed by atoms with Crippen molar-refractivity contribution in [2.45, 2.75) is 0 Å². The zero-order valence-corrected chi connectivity index (χ0v) is 7.31. The molecule has 0 saturated carbocycles. The number of primary amides is 1. The average molecular weight is 188 g/mol. The molecule has 2 rings (SSSR count). The van der Waals surface area contributed by atoms with Gasteiger partial charge < -0.3 is 10.2 Å². The van der Waals surface area contributed by atoms with Crippen molar-refractivity contribution in [3.05, 3.63) is 42.3 Å². The highest BCUT2D eigenvalue weighted by atomic mass is 16.3. The standard InChI is InChI=1S/C10H8N2O2/c11-10(13)7-3-1-5-12-9(7)8-4-2-6-14-8/h1-6H,(H2,11,13). The van der Waals surface area contributed by atoms with Gasteiger partial charge in [0.1, 0.15) is 5.69 Å². The van der Waals surface area contributed by atoms with Crippen molar-refractivity contribution in [2.24, 2.45) is 5.73 Å². The van der Waals surface area contributed by atoms with Gasteiger partial charge in [-0.05, 0) is 24.3 Å². The second kappa shape index (κ2) is 3.33. The van der Waals surface area contributed by atoms with Gasteiger partial charge in [0.15, 0.2) is 5.76 Å². The van der Waals surface area contributed by atoms with Crippen LogP contribution in [0.2, 0.25) is 0 Å². The number of hydrogen-bond donors (Lipinski definition) is 1. The maximum Gasteiger partial charge on any atom is 0.251 e. The van der Waals surface area contributed by atoms with E-state index in [0.29, 0.717) is 17.0 Å². The molecular formula is C10H8N2O2. The van der Waals surface area contributed by atoms with Gasteiger partial charge in [-0.1, -0.05) is 0 Å². The summed E-state index contributed by atoms with van der Waals surface area (Å²) in [4.78, 5) is 15.1. The number of carbonyl (C=O) groups excluding carboxylic acids is 1. The molecule has 14 heavy (non-hydrogen) atoms. The first kappa shape index (κ1) is 8.50. The summed E-state index contributed by atoms with van der Waals surface area (Å²) in [7, 11) is 0. The third-order valence-electron chi connectivity index (χ3n) is 1.83. The third kappa shape index (κ3) is 1.37. The molecule has 2 N–H and O–H groups in total. The average Bonchev–Trinajstić information content (AvgIpc) is 2.70. The summed E-state index contributed by atoms with van der Waals surface area (Å²) in [5, 5.41) is 0. The monoisotopic (exact) mass is 188 g/mol. The highest BCUT2D eigenvalue weighted by Crippen LogP contribution is 2.20. The van der Waals surface area contributed by atoms with Crippen LogP contribution >= 0.6 is 0 Å². The molecule has 0 aliphatic carbocycles. The summed E-state index contributed by atoms with van der Waals surface area (Å²) in [5.74, 6) is 0.0314. The van der Waals surface area contributed by atoms with Gasteiger partial charge in [0.05, 0.1) is 11.8 Å². The van der Waals surface area contributed by atoms with Crippen LogP contribution in [0.15, 0.2) is 41.1 Å². The fourth-order valence-corrected chi connectivity index (χ4v) is 1.21. The fraction of sp³-hybridized carbons (Fsp3) is 0. The number of rotatable bonds is 2. The van der Waals surface area contributed by atoms with E-state index in [1.165, 1.54) is 6.26 Å². The molecule has 0 aromatic carbocycles. The molecule has 0 aliphatic heterocycles. The summed E-state index contributed by atoms with van der Waals surface area (Å²) >= 11 is 0. The van der Waals surface area contributed by atoms with Crippen molar-refractivity contribution in [2.75, 3.05) is 0 Å². The molecule has 2 aromatic rings. The molecule has 4 heteroatoms. The van der Waals surface area contributed by atoms with Crippen LogP contribution in [0.5, 0.6) is 0 Å². The molecule has 4 nitrogen and oxygen atoms in total. The van der Waals surface area contributed by atoms with E-state index in [2.05, 4.69) is 4.98 Å². The Balaban J connectivity index is 2.58. The number of carbonyl (C=O) groups is 1. The zero-order valence-electron chi connectivity index (χ0n) is 7.31. The highest BCUT2D eigenvalue weighted by molar-refractivity contribution is 5.98. The van der Waals surface area contributed by atoms with Gasteiger partial charge in [-0.25, -0.2) is 0 Å². The Labute approximate surface area is 80.4 Å². The molecule has 0 aliphatic rings. The zero-order chi connectivity index (χ0) is 9.97. The predicted molar refractivity (Wildman–Crippen MR) is 50.5 cm³/mol. The van der Waals surface area contributed by atoms with Crippen LogP contribution in [-0.2, 0) is 0 Å². The first-order valence-corrected chi connectivity index (χ1v) is 4.08. The Morgan fingerprint density at radius 2 is 2.21 bits per heavy atom. The molecule has 0 radical (unpaired) electrons. The number of nitrogens with two attached hydrogens (primary N) is 1. The molecule has 70 valence electrons. The lowest BCUT2D eigenvalue weighted by Gasteiger charge is -2.00. The van der Waals surface area contributed by atoms with E-state index >= 15 is 0 Å². The van der Waals surface area contributed by atoms with Gasteiger partial charge in [-0.15, -0.1) is 0 Å². The molecule has 0 bridgehead atoms. The maximum absolute atomic E-state index is 11.1.